The molecule has 2 aromatic rings. The van der Waals surface area contributed by atoms with Crippen molar-refractivity contribution in [3.8, 4) is 0 Å². The van der Waals surface area contributed by atoms with Crippen LogP contribution in [-0.4, -0.2) is 4.57 Å². The number of rotatable bonds is 5. The summed E-state index contributed by atoms with van der Waals surface area (Å²) in [5.74, 6) is 0.614. The highest BCUT2D eigenvalue weighted by Gasteiger charge is 2.04. The lowest BCUT2D eigenvalue weighted by Gasteiger charge is -2.07. The van der Waals surface area contributed by atoms with Crippen molar-refractivity contribution in [2.24, 2.45) is 0 Å². The normalized spacial score (nSPS) is 11.5. The Morgan fingerprint density at radius 1 is 1.12 bits per heavy atom. The van der Waals surface area contributed by atoms with Gasteiger partial charge in [-0.3, -0.25) is 0 Å². The third kappa shape index (κ3) is 2.71. The van der Waals surface area contributed by atoms with Crippen LogP contribution in [0.5, 0.6) is 0 Å². The van der Waals surface area contributed by atoms with Crippen molar-refractivity contribution in [3.63, 3.8) is 0 Å². The predicted octanol–water partition coefficient (Wildman–Crippen LogP) is 4.95. The largest absolute Gasteiger partial charge is 0.347 e. The van der Waals surface area contributed by atoms with Gasteiger partial charge in [0.05, 0.1) is 0 Å². The fourth-order valence-corrected chi connectivity index (χ4v) is 2.30. The zero-order valence-electron chi connectivity index (χ0n) is 11.2. The van der Waals surface area contributed by atoms with Gasteiger partial charge in [-0.15, -0.1) is 0 Å². The van der Waals surface area contributed by atoms with Gasteiger partial charge < -0.3 is 4.57 Å². The topological polar surface area (TPSA) is 4.93 Å². The van der Waals surface area contributed by atoms with Gasteiger partial charge in [0, 0.05) is 18.3 Å². The van der Waals surface area contributed by atoms with Crippen molar-refractivity contribution >= 4 is 10.9 Å². The number of hydrogen-bond acceptors (Lipinski definition) is 0. The maximum atomic E-state index is 2.38. The molecule has 0 bridgehead atoms. The molecule has 2 rings (SSSR count). The van der Waals surface area contributed by atoms with Crippen molar-refractivity contribution in [1.29, 1.82) is 0 Å². The summed E-state index contributed by atoms with van der Waals surface area (Å²) in [6.07, 6.45) is 6.12. The Morgan fingerprint density at radius 2 is 1.94 bits per heavy atom. The van der Waals surface area contributed by atoms with E-state index in [1.54, 1.807) is 0 Å². The van der Waals surface area contributed by atoms with Crippen LogP contribution in [0.25, 0.3) is 10.9 Å². The first-order valence-electron chi connectivity index (χ1n) is 6.81. The summed E-state index contributed by atoms with van der Waals surface area (Å²) >= 11 is 0. The van der Waals surface area contributed by atoms with Crippen LogP contribution in [0.3, 0.4) is 0 Å². The molecule has 0 aliphatic rings. The summed E-state index contributed by atoms with van der Waals surface area (Å²) in [6.45, 7) is 7.90. The molecule has 1 aromatic heterocycles. The van der Waals surface area contributed by atoms with E-state index in [-0.39, 0.29) is 0 Å². The van der Waals surface area contributed by atoms with Gasteiger partial charge in [-0.25, -0.2) is 0 Å². The Labute approximate surface area is 104 Å². The first kappa shape index (κ1) is 12.2. The van der Waals surface area contributed by atoms with E-state index in [9.17, 15) is 0 Å². The number of fused-ring (bicyclic) bond motifs is 1. The molecule has 0 unspecified atom stereocenters. The minimum atomic E-state index is 0.614. The molecular formula is C16H23N. The summed E-state index contributed by atoms with van der Waals surface area (Å²) in [5.41, 5.74) is 2.81. The second-order valence-corrected chi connectivity index (χ2v) is 5.19. The second-order valence-electron chi connectivity index (χ2n) is 5.19. The number of unbranched alkanes of at least 4 members (excludes halogenated alkanes) is 2. The van der Waals surface area contributed by atoms with Gasteiger partial charge in [0.2, 0.25) is 0 Å². The van der Waals surface area contributed by atoms with Crippen LogP contribution in [0.15, 0.2) is 30.5 Å². The van der Waals surface area contributed by atoms with Crippen molar-refractivity contribution in [1.82, 2.24) is 4.57 Å². The fourth-order valence-electron chi connectivity index (χ4n) is 2.30. The third-order valence-electron chi connectivity index (χ3n) is 3.46. The first-order valence-corrected chi connectivity index (χ1v) is 6.81. The van der Waals surface area contributed by atoms with E-state index in [1.807, 2.05) is 0 Å². The Hall–Kier alpha value is -1.24. The summed E-state index contributed by atoms with van der Waals surface area (Å²) in [7, 11) is 0. The molecule has 1 aromatic carbocycles. The molecule has 92 valence electrons. The molecule has 0 amide bonds. The standard InChI is InChI=1S/C16H23N/c1-4-5-6-10-17-11-9-15-12-14(13(2)3)7-8-16(15)17/h7-9,11-13H,4-6,10H2,1-3H3. The minimum Gasteiger partial charge on any atom is -0.347 e. The summed E-state index contributed by atoms with van der Waals surface area (Å²) in [6, 6.07) is 9.11. The van der Waals surface area contributed by atoms with Gasteiger partial charge in [0.25, 0.3) is 0 Å². The van der Waals surface area contributed by atoms with Gasteiger partial charge in [0.15, 0.2) is 0 Å². The number of aryl methyl sites for hydroxylation is 1. The molecule has 1 heterocycles. The van der Waals surface area contributed by atoms with Crippen LogP contribution in [0.1, 0.15) is 51.5 Å². The fraction of sp³-hybridized carbons (Fsp3) is 0.500. The minimum absolute atomic E-state index is 0.614. The van der Waals surface area contributed by atoms with E-state index in [0.717, 1.165) is 6.54 Å². The van der Waals surface area contributed by atoms with Gasteiger partial charge in [-0.1, -0.05) is 39.7 Å². The Bertz CT molecular complexity index is 479. The summed E-state index contributed by atoms with van der Waals surface area (Å²) in [4.78, 5) is 0. The van der Waals surface area contributed by atoms with Gasteiger partial charge in [-0.2, -0.15) is 0 Å². The number of nitrogens with zero attached hydrogens (tertiary/aromatic N) is 1. The lowest BCUT2D eigenvalue weighted by atomic mass is 10.0. The van der Waals surface area contributed by atoms with Gasteiger partial charge >= 0.3 is 0 Å². The highest BCUT2D eigenvalue weighted by Crippen LogP contribution is 2.22. The van der Waals surface area contributed by atoms with E-state index in [1.165, 1.54) is 35.7 Å². The van der Waals surface area contributed by atoms with Crippen molar-refractivity contribution in [2.45, 2.75) is 52.5 Å². The van der Waals surface area contributed by atoms with Crippen LogP contribution in [0.2, 0.25) is 0 Å². The first-order chi connectivity index (χ1) is 8.22. The van der Waals surface area contributed by atoms with Gasteiger partial charge in [-0.05, 0) is 41.5 Å². The van der Waals surface area contributed by atoms with Crippen molar-refractivity contribution in [3.05, 3.63) is 36.0 Å². The van der Waals surface area contributed by atoms with Crippen LogP contribution >= 0.6 is 0 Å². The van der Waals surface area contributed by atoms with E-state index in [0.29, 0.717) is 5.92 Å². The molecule has 0 saturated heterocycles. The second kappa shape index (κ2) is 5.39. The van der Waals surface area contributed by atoms with E-state index >= 15 is 0 Å². The predicted molar refractivity (Wildman–Crippen MR) is 75.6 cm³/mol. The van der Waals surface area contributed by atoms with Crippen LogP contribution in [-0.2, 0) is 6.54 Å². The molecule has 1 nitrogen and oxygen atoms in total. The lowest BCUT2D eigenvalue weighted by molar-refractivity contribution is 0.616. The highest BCUT2D eigenvalue weighted by atomic mass is 14.9. The molecule has 0 atom stereocenters. The quantitative estimate of drug-likeness (QED) is 0.639. The molecule has 17 heavy (non-hydrogen) atoms. The molecular weight excluding hydrogens is 206 g/mol. The van der Waals surface area contributed by atoms with E-state index < -0.39 is 0 Å². The molecule has 0 saturated carbocycles. The third-order valence-corrected chi connectivity index (χ3v) is 3.46. The Kier molecular flexibility index (Phi) is 3.88. The van der Waals surface area contributed by atoms with Crippen molar-refractivity contribution in [2.75, 3.05) is 0 Å². The smallest absolute Gasteiger partial charge is 0.0480 e. The maximum absolute atomic E-state index is 2.38. The molecule has 0 aliphatic heterocycles. The monoisotopic (exact) mass is 229 g/mol. The van der Waals surface area contributed by atoms with E-state index in [4.69, 9.17) is 0 Å². The lowest BCUT2D eigenvalue weighted by Crippen LogP contribution is -1.96. The number of aromatic nitrogens is 1. The summed E-state index contributed by atoms with van der Waals surface area (Å²) < 4.78 is 2.38. The van der Waals surface area contributed by atoms with Gasteiger partial charge in [0.1, 0.15) is 0 Å². The Balaban J connectivity index is 2.22. The number of benzene rings is 1. The highest BCUT2D eigenvalue weighted by molar-refractivity contribution is 5.81. The molecule has 0 spiro atoms. The van der Waals surface area contributed by atoms with Crippen LogP contribution in [0, 0.1) is 0 Å². The number of hydrogen-bond donors (Lipinski definition) is 0. The SMILES string of the molecule is CCCCCn1ccc2cc(C(C)C)ccc21. The average molecular weight is 229 g/mol. The maximum Gasteiger partial charge on any atom is 0.0480 e. The molecule has 0 aliphatic carbocycles. The van der Waals surface area contributed by atoms with Crippen LogP contribution < -0.4 is 0 Å². The molecule has 0 fully saturated rings. The zero-order valence-corrected chi connectivity index (χ0v) is 11.2. The Morgan fingerprint density at radius 3 is 2.65 bits per heavy atom. The average Bonchev–Trinajstić information content (AvgIpc) is 2.72. The molecule has 1 heteroatoms. The van der Waals surface area contributed by atoms with Crippen LogP contribution in [0.4, 0.5) is 0 Å². The van der Waals surface area contributed by atoms with Crippen molar-refractivity contribution < 1.29 is 0 Å². The molecule has 0 N–H and O–H groups in total. The zero-order chi connectivity index (χ0) is 12.3. The molecule has 0 radical (unpaired) electrons. The van der Waals surface area contributed by atoms with E-state index in [2.05, 4.69) is 55.8 Å². The summed E-state index contributed by atoms with van der Waals surface area (Å²) in [5, 5.41) is 1.38.